The summed E-state index contributed by atoms with van der Waals surface area (Å²) >= 11 is 0. The number of rotatable bonds is 6. The number of imide groups is 2. The van der Waals surface area contributed by atoms with Gasteiger partial charge < -0.3 is 15.7 Å². The van der Waals surface area contributed by atoms with E-state index in [0.717, 1.165) is 10.5 Å². The van der Waals surface area contributed by atoms with Gasteiger partial charge in [-0.25, -0.2) is 9.78 Å². The third-order valence-corrected chi connectivity index (χ3v) is 5.79. The Labute approximate surface area is 229 Å². The van der Waals surface area contributed by atoms with Crippen molar-refractivity contribution < 1.29 is 51.8 Å². The van der Waals surface area contributed by atoms with Crippen LogP contribution in [0.15, 0.2) is 42.6 Å². The number of carboxylic acid groups (broad SMARTS) is 1. The summed E-state index contributed by atoms with van der Waals surface area (Å²) in [5.41, 5.74) is 1.17. The van der Waals surface area contributed by atoms with Gasteiger partial charge in [-0.2, -0.15) is 13.2 Å². The van der Waals surface area contributed by atoms with Gasteiger partial charge in [0.2, 0.25) is 11.8 Å². The van der Waals surface area contributed by atoms with Crippen molar-refractivity contribution in [1.82, 2.24) is 20.5 Å². The molecular weight excluding hydrogens is 555 g/mol. The van der Waals surface area contributed by atoms with Crippen LogP contribution >= 0.6 is 0 Å². The quantitative estimate of drug-likeness (QED) is 0.218. The highest BCUT2D eigenvalue weighted by atomic mass is 19.4. The van der Waals surface area contributed by atoms with Gasteiger partial charge in [0.05, 0.1) is 11.1 Å². The van der Waals surface area contributed by atoms with E-state index >= 15 is 0 Å². The zero-order valence-corrected chi connectivity index (χ0v) is 21.0. The van der Waals surface area contributed by atoms with Crippen molar-refractivity contribution in [3.8, 4) is 0 Å². The van der Waals surface area contributed by atoms with E-state index in [2.05, 4.69) is 20.9 Å². The van der Waals surface area contributed by atoms with E-state index in [4.69, 9.17) is 9.90 Å². The number of aliphatic carboxylic acids is 1. The predicted octanol–water partition coefficient (Wildman–Crippen LogP) is 0.804. The van der Waals surface area contributed by atoms with Gasteiger partial charge in [-0.05, 0) is 49.1 Å². The molecule has 1 aromatic heterocycles. The number of aromatic nitrogens is 1. The fraction of sp³-hybridized carbons (Fsp3) is 0.280. The molecule has 216 valence electrons. The molecule has 2 aliphatic heterocycles. The Morgan fingerprint density at radius 3 is 2.32 bits per heavy atom. The summed E-state index contributed by atoms with van der Waals surface area (Å²) in [6.45, 7) is 0.223. The molecule has 0 radical (unpaired) electrons. The molecule has 0 saturated carbocycles. The van der Waals surface area contributed by atoms with Crippen LogP contribution in [0, 0.1) is 0 Å². The summed E-state index contributed by atoms with van der Waals surface area (Å²) in [4.78, 5) is 86.6. The number of nitrogens with zero attached hydrogens (tertiary/aromatic N) is 2. The second kappa shape index (κ2) is 12.8. The lowest BCUT2D eigenvalue weighted by Gasteiger charge is -2.27. The molecule has 0 aliphatic carbocycles. The van der Waals surface area contributed by atoms with E-state index < -0.39 is 53.6 Å². The largest absolute Gasteiger partial charge is 0.490 e. The van der Waals surface area contributed by atoms with E-state index in [9.17, 15) is 41.9 Å². The first-order valence-corrected chi connectivity index (χ1v) is 11.9. The molecular formula is C25H22F3N5O8. The molecule has 4 rings (SSSR count). The van der Waals surface area contributed by atoms with Gasteiger partial charge in [0.25, 0.3) is 11.8 Å². The number of carbonyl (C=O) groups excluding carboxylic acids is 6. The molecule has 1 unspecified atom stereocenters. The van der Waals surface area contributed by atoms with E-state index in [1.54, 1.807) is 30.3 Å². The number of carboxylic acids is 1. The van der Waals surface area contributed by atoms with Crippen molar-refractivity contribution in [2.45, 2.75) is 37.9 Å². The van der Waals surface area contributed by atoms with Crippen LogP contribution in [0.3, 0.4) is 0 Å². The van der Waals surface area contributed by atoms with Crippen molar-refractivity contribution in [2.75, 3.05) is 11.9 Å². The summed E-state index contributed by atoms with van der Waals surface area (Å²) in [6, 6.07) is 8.75. The average molecular weight is 577 g/mol. The molecule has 6 amide bonds. The number of pyridine rings is 1. The van der Waals surface area contributed by atoms with Crippen molar-refractivity contribution in [3.63, 3.8) is 0 Å². The normalized spacial score (nSPS) is 16.3. The standard InChI is InChI=1S/C23H21N5O6.C2HF3O2/c29-18-9-8-16(19(30)27-18)28-22(33)14-7-6-13(12-15(14)23(28)34)4-3-11-25-20(31)21(32)26-17-5-1-2-10-24-17;3-2(4,5)1(6)7/h1-2,5-7,10,12,16H,3-4,8-9,11H2,(H,25,31)(H,24,26,32)(H,27,29,30);(H,6,7). The van der Waals surface area contributed by atoms with Gasteiger partial charge in [-0.3, -0.25) is 39.0 Å². The van der Waals surface area contributed by atoms with Crippen molar-refractivity contribution >= 4 is 47.2 Å². The molecule has 16 heteroatoms. The Balaban J connectivity index is 0.000000587. The fourth-order valence-corrected chi connectivity index (χ4v) is 3.86. The smallest absolute Gasteiger partial charge is 0.475 e. The average Bonchev–Trinajstić information content (AvgIpc) is 3.16. The number of piperidine rings is 1. The number of fused-ring (bicyclic) bond motifs is 1. The van der Waals surface area contributed by atoms with Crippen molar-refractivity contribution in [2.24, 2.45) is 0 Å². The number of aryl methyl sites for hydroxylation is 1. The number of hydrogen-bond donors (Lipinski definition) is 4. The molecule has 0 spiro atoms. The van der Waals surface area contributed by atoms with Gasteiger partial charge in [-0.15, -0.1) is 0 Å². The Bertz CT molecular complexity index is 1400. The van der Waals surface area contributed by atoms with Crippen LogP contribution in [0.4, 0.5) is 19.0 Å². The number of halogens is 3. The first-order chi connectivity index (χ1) is 19.3. The second-order valence-electron chi connectivity index (χ2n) is 8.66. The Morgan fingerprint density at radius 2 is 1.71 bits per heavy atom. The highest BCUT2D eigenvalue weighted by Gasteiger charge is 2.44. The van der Waals surface area contributed by atoms with Gasteiger partial charge in [-0.1, -0.05) is 12.1 Å². The molecule has 2 aromatic rings. The number of anilines is 1. The minimum atomic E-state index is -5.08. The molecule has 1 saturated heterocycles. The van der Waals surface area contributed by atoms with Crippen LogP contribution in [0.2, 0.25) is 0 Å². The van der Waals surface area contributed by atoms with Gasteiger partial charge in [0, 0.05) is 19.2 Å². The summed E-state index contributed by atoms with van der Waals surface area (Å²) < 4.78 is 31.7. The zero-order valence-electron chi connectivity index (χ0n) is 21.0. The number of benzene rings is 1. The molecule has 2 aliphatic rings. The molecule has 1 fully saturated rings. The Morgan fingerprint density at radius 1 is 1.02 bits per heavy atom. The fourth-order valence-electron chi connectivity index (χ4n) is 3.86. The van der Waals surface area contributed by atoms with Crippen LogP contribution < -0.4 is 16.0 Å². The van der Waals surface area contributed by atoms with Gasteiger partial charge >= 0.3 is 24.0 Å². The zero-order chi connectivity index (χ0) is 30.3. The van der Waals surface area contributed by atoms with E-state index in [1.807, 2.05) is 0 Å². The van der Waals surface area contributed by atoms with Crippen LogP contribution in [0.1, 0.15) is 45.5 Å². The maximum absolute atomic E-state index is 12.9. The second-order valence-corrected chi connectivity index (χ2v) is 8.66. The molecule has 41 heavy (non-hydrogen) atoms. The lowest BCUT2D eigenvalue weighted by atomic mass is 10.0. The minimum Gasteiger partial charge on any atom is -0.475 e. The van der Waals surface area contributed by atoms with Crippen LogP contribution in [0.5, 0.6) is 0 Å². The number of alkyl halides is 3. The maximum atomic E-state index is 12.9. The highest BCUT2D eigenvalue weighted by Crippen LogP contribution is 2.28. The molecule has 4 N–H and O–H groups in total. The van der Waals surface area contributed by atoms with E-state index in [-0.39, 0.29) is 36.3 Å². The number of carbonyl (C=O) groups is 7. The SMILES string of the molecule is O=C(O)C(F)(F)F.O=C1CCC(N2C(=O)c3ccc(CCCNC(=O)C(=O)Nc4ccccn4)cc3C2=O)C(=O)N1. The van der Waals surface area contributed by atoms with Crippen molar-refractivity contribution in [1.29, 1.82) is 0 Å². The third-order valence-electron chi connectivity index (χ3n) is 5.79. The van der Waals surface area contributed by atoms with Crippen molar-refractivity contribution in [3.05, 3.63) is 59.3 Å². The minimum absolute atomic E-state index is 0.0562. The van der Waals surface area contributed by atoms with E-state index in [0.29, 0.717) is 12.8 Å². The van der Waals surface area contributed by atoms with Crippen LogP contribution in [-0.4, -0.2) is 75.2 Å². The van der Waals surface area contributed by atoms with Crippen LogP contribution in [0.25, 0.3) is 0 Å². The molecule has 1 atom stereocenters. The highest BCUT2D eigenvalue weighted by molar-refractivity contribution is 6.39. The molecule has 1 aromatic carbocycles. The first kappa shape index (κ1) is 30.4. The summed E-state index contributed by atoms with van der Waals surface area (Å²) in [5.74, 6) is -6.33. The molecule has 3 heterocycles. The number of nitrogens with one attached hydrogen (secondary N) is 3. The Hall–Kier alpha value is -5.15. The van der Waals surface area contributed by atoms with Crippen LogP contribution in [-0.2, 0) is 30.4 Å². The summed E-state index contributed by atoms with van der Waals surface area (Å²) in [7, 11) is 0. The predicted molar refractivity (Wildman–Crippen MR) is 131 cm³/mol. The first-order valence-electron chi connectivity index (χ1n) is 11.9. The molecule has 0 bridgehead atoms. The van der Waals surface area contributed by atoms with Gasteiger partial charge in [0.15, 0.2) is 0 Å². The topological polar surface area (TPSA) is 192 Å². The Kier molecular flexibility index (Phi) is 9.49. The lowest BCUT2D eigenvalue weighted by molar-refractivity contribution is -0.192. The monoisotopic (exact) mass is 577 g/mol. The number of hydrogen-bond acceptors (Lipinski definition) is 8. The van der Waals surface area contributed by atoms with Gasteiger partial charge in [0.1, 0.15) is 11.9 Å². The maximum Gasteiger partial charge on any atom is 0.490 e. The summed E-state index contributed by atoms with van der Waals surface area (Å²) in [6.07, 6.45) is -2.47. The molecule has 13 nitrogen and oxygen atoms in total. The summed E-state index contributed by atoms with van der Waals surface area (Å²) in [5, 5.41) is 14.2. The third kappa shape index (κ3) is 7.71. The number of amides is 6. The lowest BCUT2D eigenvalue weighted by Crippen LogP contribution is -2.54. The van der Waals surface area contributed by atoms with E-state index in [1.165, 1.54) is 12.3 Å².